The maximum Gasteiger partial charge on any atom is 0.275 e. The fraction of sp³-hybridized carbons (Fsp3) is 0.286. The van der Waals surface area contributed by atoms with E-state index in [2.05, 4.69) is 26.5 Å². The van der Waals surface area contributed by atoms with Crippen molar-refractivity contribution in [3.05, 3.63) is 64.3 Å². The molecule has 1 saturated heterocycles. The third kappa shape index (κ3) is 3.22. The molecule has 3 aromatic rings. The summed E-state index contributed by atoms with van der Waals surface area (Å²) in [6.07, 6.45) is 1.27. The van der Waals surface area contributed by atoms with Crippen LogP contribution in [0.25, 0.3) is 10.9 Å². The Hall–Kier alpha value is -2.71. The minimum absolute atomic E-state index is 0.0419. The number of hydrogen-bond donors (Lipinski definition) is 1. The fourth-order valence-electron chi connectivity index (χ4n) is 3.92. The van der Waals surface area contributed by atoms with Crippen molar-refractivity contribution in [2.75, 3.05) is 13.1 Å². The van der Waals surface area contributed by atoms with Crippen molar-refractivity contribution in [2.24, 2.45) is 12.0 Å². The normalized spacial score (nSPS) is 18.1. The van der Waals surface area contributed by atoms with E-state index in [1.165, 1.54) is 0 Å². The van der Waals surface area contributed by atoms with Gasteiger partial charge in [-0.25, -0.2) is 15.3 Å². The van der Waals surface area contributed by atoms with Crippen molar-refractivity contribution in [3.63, 3.8) is 0 Å². The number of benzene rings is 2. The second-order valence-corrected chi connectivity index (χ2v) is 8.31. The highest BCUT2D eigenvalue weighted by atomic mass is 79.9. The van der Waals surface area contributed by atoms with Gasteiger partial charge in [-0.2, -0.15) is 5.10 Å². The largest absolute Gasteiger partial charge is 0.337 e. The van der Waals surface area contributed by atoms with Gasteiger partial charge in [0.25, 0.3) is 5.91 Å². The maximum atomic E-state index is 13.1. The van der Waals surface area contributed by atoms with Crippen molar-refractivity contribution in [1.82, 2.24) is 20.2 Å². The van der Waals surface area contributed by atoms with E-state index in [-0.39, 0.29) is 5.91 Å². The van der Waals surface area contributed by atoms with Crippen molar-refractivity contribution < 1.29 is 9.63 Å². The van der Waals surface area contributed by atoms with Crippen LogP contribution in [0.3, 0.4) is 0 Å². The monoisotopic (exact) mass is 453 g/mol. The molecule has 1 amide bonds. The summed E-state index contributed by atoms with van der Waals surface area (Å²) in [7, 11) is 1.86. The fourth-order valence-corrected chi connectivity index (χ4v) is 4.18. The van der Waals surface area contributed by atoms with E-state index in [1.54, 1.807) is 4.68 Å². The number of aryl methyl sites for hydroxylation is 1. The molecule has 2 aliphatic heterocycles. The molecule has 0 saturated carbocycles. The number of carbonyl (C=O) groups excluding carboxylic acids is 1. The van der Waals surface area contributed by atoms with Crippen LogP contribution < -0.4 is 5.48 Å². The summed E-state index contributed by atoms with van der Waals surface area (Å²) in [5.41, 5.74) is 4.79. The Morgan fingerprint density at radius 3 is 2.62 bits per heavy atom. The Labute approximate surface area is 176 Å². The highest BCUT2D eigenvalue weighted by Gasteiger charge is 2.42. The number of nitrogens with zero attached hydrogens (tertiary/aromatic N) is 4. The molecule has 1 N–H and O–H groups in total. The van der Waals surface area contributed by atoms with Crippen LogP contribution in [-0.4, -0.2) is 45.2 Å². The molecular formula is C21H20BrN5O2. The lowest BCUT2D eigenvalue weighted by atomic mass is 10.0. The first kappa shape index (κ1) is 18.3. The standard InChI is InChI=1S/C21H20BrN5O2/c1-26-17-5-3-2-4-16(17)18(24-26)20(28)27-12-10-21(11-13-27)23-19(25-29-21)14-6-8-15(22)9-7-14/h2-9H,10-13H2,1H3,(H,23,25). The summed E-state index contributed by atoms with van der Waals surface area (Å²) in [5.74, 6) is 0.688. The van der Waals surface area contributed by atoms with E-state index in [4.69, 9.17) is 9.83 Å². The number of rotatable bonds is 2. The number of piperidine rings is 1. The number of aliphatic imine (C=N–C) groups is 1. The van der Waals surface area contributed by atoms with Crippen molar-refractivity contribution in [3.8, 4) is 0 Å². The predicted octanol–water partition coefficient (Wildman–Crippen LogP) is 3.25. The zero-order chi connectivity index (χ0) is 20.0. The summed E-state index contributed by atoms with van der Waals surface area (Å²) in [6.45, 7) is 1.14. The Balaban J connectivity index is 1.32. The summed E-state index contributed by atoms with van der Waals surface area (Å²) in [4.78, 5) is 25.6. The molecule has 1 spiro atoms. The van der Waals surface area contributed by atoms with Crippen molar-refractivity contribution >= 4 is 38.6 Å². The lowest BCUT2D eigenvalue weighted by molar-refractivity contribution is -0.0849. The molecule has 2 aromatic carbocycles. The highest BCUT2D eigenvalue weighted by molar-refractivity contribution is 9.10. The van der Waals surface area contributed by atoms with Gasteiger partial charge in [0, 0.05) is 48.4 Å². The van der Waals surface area contributed by atoms with Gasteiger partial charge < -0.3 is 4.90 Å². The molecule has 5 rings (SSSR count). The number of amidine groups is 1. The van der Waals surface area contributed by atoms with Crippen LogP contribution in [0.15, 0.2) is 58.0 Å². The van der Waals surface area contributed by atoms with Gasteiger partial charge in [-0.1, -0.05) is 46.3 Å². The van der Waals surface area contributed by atoms with Gasteiger partial charge in [0.05, 0.1) is 5.52 Å². The van der Waals surface area contributed by atoms with Gasteiger partial charge in [0.1, 0.15) is 0 Å². The summed E-state index contributed by atoms with van der Waals surface area (Å²) < 4.78 is 2.77. The van der Waals surface area contributed by atoms with Gasteiger partial charge in [-0.3, -0.25) is 9.48 Å². The summed E-state index contributed by atoms with van der Waals surface area (Å²) in [6, 6.07) is 15.7. The Morgan fingerprint density at radius 1 is 1.14 bits per heavy atom. The van der Waals surface area contributed by atoms with Gasteiger partial charge in [0.15, 0.2) is 17.3 Å². The smallest absolute Gasteiger partial charge is 0.275 e. The molecule has 0 aliphatic carbocycles. The number of amides is 1. The molecule has 1 aromatic heterocycles. The molecule has 29 heavy (non-hydrogen) atoms. The first-order valence-corrected chi connectivity index (χ1v) is 10.3. The van der Waals surface area contributed by atoms with Crippen LogP contribution >= 0.6 is 15.9 Å². The van der Waals surface area contributed by atoms with Crippen LogP contribution in [0.5, 0.6) is 0 Å². The highest BCUT2D eigenvalue weighted by Crippen LogP contribution is 2.32. The van der Waals surface area contributed by atoms with Crippen LogP contribution in [0.2, 0.25) is 0 Å². The van der Waals surface area contributed by atoms with E-state index < -0.39 is 5.72 Å². The minimum Gasteiger partial charge on any atom is -0.337 e. The minimum atomic E-state index is -0.620. The number of fused-ring (bicyclic) bond motifs is 1. The molecule has 0 unspecified atom stereocenters. The summed E-state index contributed by atoms with van der Waals surface area (Å²) in [5, 5.41) is 5.35. The van der Waals surface area contributed by atoms with Crippen molar-refractivity contribution in [2.45, 2.75) is 18.6 Å². The SMILES string of the molecule is Cn1nc(C(=O)N2CCC3(CC2)N=C(c2ccc(Br)cc2)NO3)c2ccccc21. The number of carbonyl (C=O) groups is 1. The molecule has 0 bridgehead atoms. The van der Waals surface area contributed by atoms with Crippen LogP contribution in [0, 0.1) is 0 Å². The molecule has 7 nitrogen and oxygen atoms in total. The predicted molar refractivity (Wildman–Crippen MR) is 113 cm³/mol. The quantitative estimate of drug-likeness (QED) is 0.646. The summed E-state index contributed by atoms with van der Waals surface area (Å²) >= 11 is 3.44. The van der Waals surface area contributed by atoms with E-state index in [0.29, 0.717) is 31.6 Å². The number of halogens is 1. The lowest BCUT2D eigenvalue weighted by Gasteiger charge is -2.35. The Bertz CT molecular complexity index is 1110. The molecule has 2 aliphatic rings. The Morgan fingerprint density at radius 2 is 1.86 bits per heavy atom. The number of hydrogen-bond acceptors (Lipinski definition) is 5. The second-order valence-electron chi connectivity index (χ2n) is 7.40. The molecule has 148 valence electrons. The van der Waals surface area contributed by atoms with Crippen LogP contribution in [-0.2, 0) is 11.9 Å². The number of hydroxylamine groups is 1. The van der Waals surface area contributed by atoms with Crippen LogP contribution in [0.1, 0.15) is 28.9 Å². The zero-order valence-electron chi connectivity index (χ0n) is 15.9. The molecule has 3 heterocycles. The third-order valence-corrected chi connectivity index (χ3v) is 6.09. The molecule has 1 fully saturated rings. The van der Waals surface area contributed by atoms with Crippen molar-refractivity contribution in [1.29, 1.82) is 0 Å². The number of likely N-dealkylation sites (tertiary alicyclic amines) is 1. The van der Waals surface area contributed by atoms with E-state index in [1.807, 2.05) is 60.5 Å². The second kappa shape index (κ2) is 6.96. The molecule has 8 heteroatoms. The first-order chi connectivity index (χ1) is 14.0. The molecular weight excluding hydrogens is 434 g/mol. The van der Waals surface area contributed by atoms with E-state index >= 15 is 0 Å². The number of para-hydroxylation sites is 1. The average Bonchev–Trinajstić information content (AvgIpc) is 3.31. The average molecular weight is 454 g/mol. The van der Waals surface area contributed by atoms with E-state index in [9.17, 15) is 4.79 Å². The number of nitrogens with one attached hydrogen (secondary N) is 1. The topological polar surface area (TPSA) is 71.8 Å². The lowest BCUT2D eigenvalue weighted by Crippen LogP contribution is -2.46. The van der Waals surface area contributed by atoms with Gasteiger partial charge in [0.2, 0.25) is 0 Å². The third-order valence-electron chi connectivity index (χ3n) is 5.56. The maximum absolute atomic E-state index is 13.1. The van der Waals surface area contributed by atoms with Gasteiger partial charge in [-0.15, -0.1) is 0 Å². The van der Waals surface area contributed by atoms with Gasteiger partial charge in [-0.05, 0) is 18.2 Å². The molecule has 0 radical (unpaired) electrons. The molecule has 0 atom stereocenters. The Kier molecular flexibility index (Phi) is 4.40. The number of aromatic nitrogens is 2. The van der Waals surface area contributed by atoms with Gasteiger partial charge >= 0.3 is 0 Å². The van der Waals surface area contributed by atoms with Crippen LogP contribution in [0.4, 0.5) is 0 Å². The first-order valence-electron chi connectivity index (χ1n) is 9.55. The zero-order valence-corrected chi connectivity index (χ0v) is 17.5. The van der Waals surface area contributed by atoms with E-state index in [0.717, 1.165) is 26.8 Å².